The third kappa shape index (κ3) is 4.38. The van der Waals surface area contributed by atoms with E-state index in [4.69, 9.17) is 11.5 Å². The lowest BCUT2D eigenvalue weighted by Crippen LogP contribution is -2.50. The number of hydrogen-bond donors (Lipinski definition) is 3. The molecule has 3 amide bonds. The highest BCUT2D eigenvalue weighted by molar-refractivity contribution is 5.77. The predicted molar refractivity (Wildman–Crippen MR) is 86.1 cm³/mol. The lowest BCUT2D eigenvalue weighted by Gasteiger charge is -2.36. The van der Waals surface area contributed by atoms with Crippen molar-refractivity contribution in [2.24, 2.45) is 5.73 Å². The number of nitrogens with one attached hydrogen (secondary N) is 1. The molecule has 0 aliphatic carbocycles. The largest absolute Gasteiger partial charge is 0.399 e. The van der Waals surface area contributed by atoms with Crippen molar-refractivity contribution >= 4 is 17.6 Å². The van der Waals surface area contributed by atoms with E-state index in [9.17, 15) is 9.59 Å². The van der Waals surface area contributed by atoms with Crippen LogP contribution in [0.5, 0.6) is 0 Å². The van der Waals surface area contributed by atoms with E-state index in [0.29, 0.717) is 19.4 Å². The minimum atomic E-state index is -0.546. The van der Waals surface area contributed by atoms with Crippen LogP contribution in [-0.4, -0.2) is 36.0 Å². The number of hydrogen-bond acceptors (Lipinski definition) is 3. The molecule has 2 rings (SSSR count). The van der Waals surface area contributed by atoms with Gasteiger partial charge in [-0.2, -0.15) is 0 Å². The lowest BCUT2D eigenvalue weighted by atomic mass is 10.0. The van der Waals surface area contributed by atoms with Crippen LogP contribution in [0.1, 0.15) is 31.2 Å². The van der Waals surface area contributed by atoms with Crippen LogP contribution < -0.4 is 16.8 Å². The van der Waals surface area contributed by atoms with Gasteiger partial charge < -0.3 is 21.7 Å². The van der Waals surface area contributed by atoms with E-state index in [1.54, 1.807) is 0 Å². The van der Waals surface area contributed by atoms with Crippen LogP contribution in [0.15, 0.2) is 24.3 Å². The molecule has 1 aromatic rings. The van der Waals surface area contributed by atoms with E-state index >= 15 is 0 Å². The van der Waals surface area contributed by atoms with Crippen molar-refractivity contribution in [2.45, 2.75) is 38.1 Å². The van der Waals surface area contributed by atoms with Gasteiger partial charge in [-0.25, -0.2) is 4.79 Å². The second-order valence-corrected chi connectivity index (χ2v) is 5.68. The zero-order valence-corrected chi connectivity index (χ0v) is 12.8. The maximum atomic E-state index is 12.5. The zero-order valence-electron chi connectivity index (χ0n) is 12.8. The number of urea groups is 1. The van der Waals surface area contributed by atoms with Crippen molar-refractivity contribution in [1.29, 1.82) is 0 Å². The standard InChI is InChI=1S/C16H24N4O2/c17-14-7-2-1-5-12(14)8-9-15(21)20-10-4-3-6-13(20)11-19-16(18)22/h1-2,5,7,13H,3-4,6,8-11,17H2,(H3,18,19,22). The molecule has 1 heterocycles. The number of primary amides is 1. The summed E-state index contributed by atoms with van der Waals surface area (Å²) in [6, 6.07) is 7.11. The molecule has 5 N–H and O–H groups in total. The molecule has 0 radical (unpaired) electrons. The van der Waals surface area contributed by atoms with Gasteiger partial charge in [0, 0.05) is 31.2 Å². The summed E-state index contributed by atoms with van der Waals surface area (Å²) in [4.78, 5) is 25.2. The third-order valence-electron chi connectivity index (χ3n) is 4.12. The fourth-order valence-electron chi connectivity index (χ4n) is 2.91. The van der Waals surface area contributed by atoms with Crippen molar-refractivity contribution in [3.05, 3.63) is 29.8 Å². The highest BCUT2D eigenvalue weighted by Crippen LogP contribution is 2.19. The molecule has 120 valence electrons. The van der Waals surface area contributed by atoms with E-state index in [2.05, 4.69) is 5.32 Å². The second-order valence-electron chi connectivity index (χ2n) is 5.68. The minimum absolute atomic E-state index is 0.0434. The molecule has 1 aliphatic heterocycles. The van der Waals surface area contributed by atoms with Crippen LogP contribution in [0.4, 0.5) is 10.5 Å². The fraction of sp³-hybridized carbons (Fsp3) is 0.500. The number of benzene rings is 1. The quantitative estimate of drug-likeness (QED) is 0.713. The first kappa shape index (κ1) is 16.1. The van der Waals surface area contributed by atoms with Gasteiger partial charge in [0.1, 0.15) is 0 Å². The van der Waals surface area contributed by atoms with Crippen molar-refractivity contribution in [3.8, 4) is 0 Å². The van der Waals surface area contributed by atoms with Gasteiger partial charge >= 0.3 is 6.03 Å². The Morgan fingerprint density at radius 3 is 2.77 bits per heavy atom. The Hall–Kier alpha value is -2.24. The highest BCUT2D eigenvalue weighted by atomic mass is 16.2. The number of rotatable bonds is 5. The number of nitrogen functional groups attached to an aromatic ring is 1. The Bertz CT molecular complexity index is 533. The summed E-state index contributed by atoms with van der Waals surface area (Å²) in [5.74, 6) is 0.110. The number of carbonyl (C=O) groups excluding carboxylic acids is 2. The smallest absolute Gasteiger partial charge is 0.312 e. The first-order chi connectivity index (χ1) is 10.6. The van der Waals surface area contributed by atoms with E-state index in [1.807, 2.05) is 29.2 Å². The summed E-state index contributed by atoms with van der Waals surface area (Å²) >= 11 is 0. The molecular weight excluding hydrogens is 280 g/mol. The number of nitrogens with two attached hydrogens (primary N) is 2. The Labute approximate surface area is 130 Å². The number of piperidine rings is 1. The number of amides is 3. The molecule has 0 spiro atoms. The first-order valence-corrected chi connectivity index (χ1v) is 7.74. The number of likely N-dealkylation sites (tertiary alicyclic amines) is 1. The Balaban J connectivity index is 1.91. The van der Waals surface area contributed by atoms with E-state index in [1.165, 1.54) is 0 Å². The van der Waals surface area contributed by atoms with Crippen molar-refractivity contribution in [2.75, 3.05) is 18.8 Å². The lowest BCUT2D eigenvalue weighted by molar-refractivity contribution is -0.134. The van der Waals surface area contributed by atoms with Gasteiger partial charge in [-0.05, 0) is 37.3 Å². The maximum absolute atomic E-state index is 12.5. The van der Waals surface area contributed by atoms with Crippen molar-refractivity contribution in [1.82, 2.24) is 10.2 Å². The van der Waals surface area contributed by atoms with Gasteiger partial charge in [-0.15, -0.1) is 0 Å². The topological polar surface area (TPSA) is 101 Å². The molecular formula is C16H24N4O2. The molecule has 1 aliphatic rings. The van der Waals surface area contributed by atoms with Gasteiger partial charge in [-0.1, -0.05) is 18.2 Å². The maximum Gasteiger partial charge on any atom is 0.312 e. The van der Waals surface area contributed by atoms with Crippen LogP contribution in [0.2, 0.25) is 0 Å². The Morgan fingerprint density at radius 1 is 1.27 bits per heavy atom. The average molecular weight is 304 g/mol. The zero-order chi connectivity index (χ0) is 15.9. The minimum Gasteiger partial charge on any atom is -0.399 e. The molecule has 1 unspecified atom stereocenters. The normalized spacial score (nSPS) is 18.0. The molecule has 1 saturated heterocycles. The van der Waals surface area contributed by atoms with Crippen molar-refractivity contribution in [3.63, 3.8) is 0 Å². The summed E-state index contributed by atoms with van der Waals surface area (Å²) in [6.45, 7) is 1.17. The van der Waals surface area contributed by atoms with Crippen LogP contribution in [0, 0.1) is 0 Å². The molecule has 6 nitrogen and oxygen atoms in total. The monoisotopic (exact) mass is 304 g/mol. The number of carbonyl (C=O) groups is 2. The van der Waals surface area contributed by atoms with Gasteiger partial charge in [0.15, 0.2) is 0 Å². The van der Waals surface area contributed by atoms with Gasteiger partial charge in [-0.3, -0.25) is 4.79 Å². The van der Waals surface area contributed by atoms with Gasteiger partial charge in [0.25, 0.3) is 0 Å². The molecule has 0 saturated carbocycles. The first-order valence-electron chi connectivity index (χ1n) is 7.74. The van der Waals surface area contributed by atoms with Gasteiger partial charge in [0.05, 0.1) is 0 Å². The van der Waals surface area contributed by atoms with Crippen LogP contribution >= 0.6 is 0 Å². The number of nitrogens with zero attached hydrogens (tertiary/aromatic N) is 1. The van der Waals surface area contributed by atoms with E-state index in [0.717, 1.165) is 37.1 Å². The van der Waals surface area contributed by atoms with Crippen molar-refractivity contribution < 1.29 is 9.59 Å². The molecule has 0 aromatic heterocycles. The van der Waals surface area contributed by atoms with E-state index in [-0.39, 0.29) is 11.9 Å². The second kappa shape index (κ2) is 7.68. The predicted octanol–water partition coefficient (Wildman–Crippen LogP) is 1.25. The number of aryl methyl sites for hydroxylation is 1. The average Bonchev–Trinajstić information content (AvgIpc) is 2.52. The van der Waals surface area contributed by atoms with Crippen LogP contribution in [0.25, 0.3) is 0 Å². The summed E-state index contributed by atoms with van der Waals surface area (Å²) in [5.41, 5.74) is 12.7. The van der Waals surface area contributed by atoms with Crippen LogP contribution in [0.3, 0.4) is 0 Å². The SMILES string of the molecule is NC(=O)NCC1CCCCN1C(=O)CCc1ccccc1N. The third-order valence-corrected chi connectivity index (χ3v) is 4.12. The Morgan fingerprint density at radius 2 is 2.05 bits per heavy atom. The summed E-state index contributed by atoms with van der Waals surface area (Å²) in [7, 11) is 0. The summed E-state index contributed by atoms with van der Waals surface area (Å²) in [6.07, 6.45) is 4.05. The molecule has 0 bridgehead atoms. The molecule has 1 fully saturated rings. The van der Waals surface area contributed by atoms with Crippen LogP contribution in [-0.2, 0) is 11.2 Å². The highest BCUT2D eigenvalue weighted by Gasteiger charge is 2.26. The fourth-order valence-corrected chi connectivity index (χ4v) is 2.91. The summed E-state index contributed by atoms with van der Waals surface area (Å²) in [5, 5.41) is 2.61. The molecule has 1 aromatic carbocycles. The number of anilines is 1. The van der Waals surface area contributed by atoms with E-state index < -0.39 is 6.03 Å². The molecule has 1 atom stereocenters. The van der Waals surface area contributed by atoms with Gasteiger partial charge in [0.2, 0.25) is 5.91 Å². The molecule has 6 heteroatoms. The Kier molecular flexibility index (Phi) is 5.63. The summed E-state index contributed by atoms with van der Waals surface area (Å²) < 4.78 is 0. The molecule has 22 heavy (non-hydrogen) atoms. The number of para-hydroxylation sites is 1.